The molecule has 2 aromatic heterocycles. The van der Waals surface area contributed by atoms with Crippen molar-refractivity contribution in [2.75, 3.05) is 0 Å². The molecule has 0 aromatic carbocycles. The molecule has 0 atom stereocenters. The first-order valence-corrected chi connectivity index (χ1v) is 7.83. The van der Waals surface area contributed by atoms with Crippen LogP contribution in [0.4, 0.5) is 0 Å². The van der Waals surface area contributed by atoms with Crippen molar-refractivity contribution in [3.8, 4) is 0 Å². The number of rotatable bonds is 6. The Balaban J connectivity index is 2.16. The molecule has 0 radical (unpaired) electrons. The molecule has 0 unspecified atom stereocenters. The Kier molecular flexibility index (Phi) is 4.53. The quantitative estimate of drug-likeness (QED) is 0.826. The molecule has 0 spiro atoms. The summed E-state index contributed by atoms with van der Waals surface area (Å²) in [6.45, 7) is 3.18. The lowest BCUT2D eigenvalue weighted by atomic mass is 10.3. The van der Waals surface area contributed by atoms with Crippen molar-refractivity contribution in [3.63, 3.8) is 0 Å². The molecule has 2 aromatic rings. The molecule has 2 rings (SSSR count). The highest BCUT2D eigenvalue weighted by Crippen LogP contribution is 2.14. The number of hydrogen-bond donors (Lipinski definition) is 2. The number of aromatic nitrogens is 2. The van der Waals surface area contributed by atoms with E-state index < -0.39 is 10.0 Å². The maximum Gasteiger partial charge on any atom is 0.242 e. The van der Waals surface area contributed by atoms with Crippen LogP contribution in [0, 0.1) is 0 Å². The number of hydrogen-bond acceptors (Lipinski definition) is 4. The largest absolute Gasteiger partial charge is 0.349 e. The second kappa shape index (κ2) is 6.17. The summed E-state index contributed by atoms with van der Waals surface area (Å²) < 4.78 is 28.8. The number of pyridine rings is 1. The third-order valence-corrected chi connectivity index (χ3v) is 4.40. The molecule has 0 amide bonds. The fraction of sp³-hybridized carbons (Fsp3) is 0.308. The average Bonchev–Trinajstić information content (AvgIpc) is 2.90. The monoisotopic (exact) mass is 294 g/mol. The molecule has 20 heavy (non-hydrogen) atoms. The van der Waals surface area contributed by atoms with Gasteiger partial charge in [0.25, 0.3) is 0 Å². The van der Waals surface area contributed by atoms with Crippen LogP contribution in [-0.2, 0) is 29.7 Å². The lowest BCUT2D eigenvalue weighted by molar-refractivity contribution is 0.581. The van der Waals surface area contributed by atoms with E-state index in [9.17, 15) is 8.42 Å². The summed E-state index contributed by atoms with van der Waals surface area (Å²) in [4.78, 5) is 4.13. The van der Waals surface area contributed by atoms with Gasteiger partial charge in [0, 0.05) is 43.9 Å². The van der Waals surface area contributed by atoms with E-state index in [1.807, 2.05) is 11.5 Å². The van der Waals surface area contributed by atoms with Crippen molar-refractivity contribution in [2.45, 2.75) is 31.5 Å². The Hall–Kier alpha value is -1.70. The fourth-order valence-corrected chi connectivity index (χ4v) is 2.98. The van der Waals surface area contributed by atoms with Crippen LogP contribution >= 0.6 is 0 Å². The molecule has 0 aliphatic carbocycles. The Morgan fingerprint density at radius 1 is 1.35 bits per heavy atom. The summed E-state index contributed by atoms with van der Waals surface area (Å²) in [5.41, 5.74) is 7.27. The third-order valence-electron chi connectivity index (χ3n) is 3.04. The van der Waals surface area contributed by atoms with Gasteiger partial charge in [0.15, 0.2) is 0 Å². The first kappa shape index (κ1) is 14.7. The van der Waals surface area contributed by atoms with Crippen LogP contribution in [0.1, 0.15) is 18.2 Å². The van der Waals surface area contributed by atoms with E-state index >= 15 is 0 Å². The number of nitrogens with zero attached hydrogens (tertiary/aromatic N) is 2. The number of nitrogens with one attached hydrogen (secondary N) is 1. The molecular formula is C13H18N4O2S. The number of nitrogens with two attached hydrogens (primary N) is 1. The normalized spacial score (nSPS) is 11.7. The topological polar surface area (TPSA) is 90.0 Å². The maximum absolute atomic E-state index is 12.2. The third kappa shape index (κ3) is 3.24. The second-order valence-electron chi connectivity index (χ2n) is 4.34. The standard InChI is InChI=1S/C13H18N4O2S/c1-2-17-10-13(7-12(17)8-14)20(18,19)16-9-11-3-5-15-6-4-11/h3-7,10,16H,2,8-9,14H2,1H3. The maximum atomic E-state index is 12.2. The van der Waals surface area contributed by atoms with Crippen molar-refractivity contribution < 1.29 is 8.42 Å². The van der Waals surface area contributed by atoms with Gasteiger partial charge in [-0.05, 0) is 30.7 Å². The van der Waals surface area contributed by atoms with E-state index in [0.29, 0.717) is 13.1 Å². The van der Waals surface area contributed by atoms with Gasteiger partial charge in [0.05, 0.1) is 4.90 Å². The molecule has 0 aliphatic rings. The van der Waals surface area contributed by atoms with Crippen LogP contribution in [0.2, 0.25) is 0 Å². The zero-order valence-corrected chi connectivity index (χ0v) is 12.1. The molecule has 0 saturated heterocycles. The van der Waals surface area contributed by atoms with Crippen molar-refractivity contribution in [1.29, 1.82) is 0 Å². The van der Waals surface area contributed by atoms with E-state index in [0.717, 1.165) is 11.3 Å². The fourth-order valence-electron chi connectivity index (χ4n) is 1.90. The van der Waals surface area contributed by atoms with Gasteiger partial charge < -0.3 is 10.3 Å². The van der Waals surface area contributed by atoms with Crippen LogP contribution in [0.15, 0.2) is 41.7 Å². The van der Waals surface area contributed by atoms with Gasteiger partial charge in [-0.1, -0.05) is 0 Å². The number of aryl methyl sites for hydroxylation is 1. The Labute approximate surface area is 118 Å². The minimum Gasteiger partial charge on any atom is -0.349 e. The molecule has 2 heterocycles. The first-order valence-electron chi connectivity index (χ1n) is 6.34. The summed E-state index contributed by atoms with van der Waals surface area (Å²) in [6.07, 6.45) is 4.87. The smallest absolute Gasteiger partial charge is 0.242 e. The Morgan fingerprint density at radius 2 is 2.05 bits per heavy atom. The van der Waals surface area contributed by atoms with E-state index in [-0.39, 0.29) is 11.4 Å². The zero-order chi connectivity index (χ0) is 14.6. The van der Waals surface area contributed by atoms with Crippen LogP contribution in [-0.4, -0.2) is 18.0 Å². The van der Waals surface area contributed by atoms with Gasteiger partial charge in [0.1, 0.15) is 0 Å². The lowest BCUT2D eigenvalue weighted by Crippen LogP contribution is -2.22. The van der Waals surface area contributed by atoms with E-state index in [1.54, 1.807) is 36.8 Å². The molecule has 0 bridgehead atoms. The van der Waals surface area contributed by atoms with Gasteiger partial charge in [-0.3, -0.25) is 4.98 Å². The molecule has 0 saturated carbocycles. The van der Waals surface area contributed by atoms with Gasteiger partial charge in [0.2, 0.25) is 10.0 Å². The van der Waals surface area contributed by atoms with Gasteiger partial charge in [-0.25, -0.2) is 13.1 Å². The average molecular weight is 294 g/mol. The van der Waals surface area contributed by atoms with E-state index in [1.165, 1.54) is 0 Å². The van der Waals surface area contributed by atoms with Crippen LogP contribution in [0.3, 0.4) is 0 Å². The predicted octanol–water partition coefficient (Wildman–Crippen LogP) is 0.840. The molecule has 108 valence electrons. The minimum atomic E-state index is -3.53. The molecule has 3 N–H and O–H groups in total. The summed E-state index contributed by atoms with van der Waals surface area (Å²) in [5.74, 6) is 0. The van der Waals surface area contributed by atoms with E-state index in [4.69, 9.17) is 5.73 Å². The SMILES string of the molecule is CCn1cc(S(=O)(=O)NCc2ccncc2)cc1CN. The van der Waals surface area contributed by atoms with Crippen LogP contribution < -0.4 is 10.5 Å². The predicted molar refractivity (Wildman–Crippen MR) is 76.3 cm³/mol. The first-order chi connectivity index (χ1) is 9.56. The summed E-state index contributed by atoms with van der Waals surface area (Å²) in [6, 6.07) is 5.15. The molecule has 0 aliphatic heterocycles. The van der Waals surface area contributed by atoms with Gasteiger partial charge in [-0.15, -0.1) is 0 Å². The zero-order valence-electron chi connectivity index (χ0n) is 11.3. The Morgan fingerprint density at radius 3 is 2.60 bits per heavy atom. The lowest BCUT2D eigenvalue weighted by Gasteiger charge is -2.04. The van der Waals surface area contributed by atoms with Crippen molar-refractivity contribution in [2.24, 2.45) is 5.73 Å². The van der Waals surface area contributed by atoms with Crippen molar-refractivity contribution >= 4 is 10.0 Å². The Bertz CT molecular complexity index is 643. The highest BCUT2D eigenvalue weighted by Gasteiger charge is 2.17. The second-order valence-corrected chi connectivity index (χ2v) is 6.10. The van der Waals surface area contributed by atoms with Crippen LogP contribution in [0.25, 0.3) is 0 Å². The van der Waals surface area contributed by atoms with Crippen molar-refractivity contribution in [1.82, 2.24) is 14.3 Å². The molecular weight excluding hydrogens is 276 g/mol. The molecule has 6 nitrogen and oxygen atoms in total. The van der Waals surface area contributed by atoms with Gasteiger partial charge >= 0.3 is 0 Å². The molecule has 0 fully saturated rings. The van der Waals surface area contributed by atoms with Gasteiger partial charge in [-0.2, -0.15) is 0 Å². The minimum absolute atomic E-state index is 0.236. The van der Waals surface area contributed by atoms with Crippen molar-refractivity contribution in [3.05, 3.63) is 48.0 Å². The summed E-state index contributed by atoms with van der Waals surface area (Å²) in [7, 11) is -3.53. The summed E-state index contributed by atoms with van der Waals surface area (Å²) >= 11 is 0. The van der Waals surface area contributed by atoms with Crippen LogP contribution in [0.5, 0.6) is 0 Å². The highest BCUT2D eigenvalue weighted by atomic mass is 32.2. The number of sulfonamides is 1. The molecule has 7 heteroatoms. The highest BCUT2D eigenvalue weighted by molar-refractivity contribution is 7.89. The van der Waals surface area contributed by atoms with E-state index in [2.05, 4.69) is 9.71 Å². The summed E-state index contributed by atoms with van der Waals surface area (Å²) in [5, 5.41) is 0.